The highest BCUT2D eigenvalue weighted by atomic mass is 16.6. The molecular formula is C14H18O4. The Morgan fingerprint density at radius 3 is 3.00 bits per heavy atom. The average Bonchev–Trinajstić information content (AvgIpc) is 2.68. The summed E-state index contributed by atoms with van der Waals surface area (Å²) in [6.45, 7) is 3.51. The summed E-state index contributed by atoms with van der Waals surface area (Å²) in [5.74, 6) is 0.297. The molecule has 4 heteroatoms. The molecule has 0 aromatic heterocycles. The third-order valence-corrected chi connectivity index (χ3v) is 2.91. The summed E-state index contributed by atoms with van der Waals surface area (Å²) in [5.41, 5.74) is 1.91. The number of carbonyl (C=O) groups excluding carboxylic acids is 1. The van der Waals surface area contributed by atoms with Crippen LogP contribution < -0.4 is 4.74 Å². The van der Waals surface area contributed by atoms with Gasteiger partial charge in [-0.25, -0.2) is 4.79 Å². The van der Waals surface area contributed by atoms with Crippen LogP contribution in [0.15, 0.2) is 18.2 Å². The summed E-state index contributed by atoms with van der Waals surface area (Å²) >= 11 is 0. The molecule has 0 radical (unpaired) electrons. The molecule has 1 aliphatic rings. The molecule has 1 N–H and O–H groups in total. The Hall–Kier alpha value is -1.55. The van der Waals surface area contributed by atoms with E-state index in [4.69, 9.17) is 9.47 Å². The second kappa shape index (κ2) is 5.40. The lowest BCUT2D eigenvalue weighted by Crippen LogP contribution is -2.19. The summed E-state index contributed by atoms with van der Waals surface area (Å²) in [4.78, 5) is 11.4. The number of fused-ring (bicyclic) bond motifs is 1. The van der Waals surface area contributed by atoms with E-state index in [0.717, 1.165) is 17.5 Å². The number of aliphatic hydroxyl groups is 1. The van der Waals surface area contributed by atoms with E-state index in [-0.39, 0.29) is 18.7 Å². The minimum atomic E-state index is -0.411. The fourth-order valence-corrected chi connectivity index (χ4v) is 2.17. The molecule has 0 bridgehead atoms. The molecule has 0 saturated carbocycles. The average molecular weight is 250 g/mol. The van der Waals surface area contributed by atoms with Crippen LogP contribution >= 0.6 is 0 Å². The van der Waals surface area contributed by atoms with Crippen molar-refractivity contribution in [3.05, 3.63) is 29.3 Å². The van der Waals surface area contributed by atoms with Gasteiger partial charge in [0.2, 0.25) is 0 Å². The molecule has 0 spiro atoms. The zero-order valence-electron chi connectivity index (χ0n) is 10.7. The Bertz CT molecular complexity index is 439. The van der Waals surface area contributed by atoms with Gasteiger partial charge in [0.15, 0.2) is 6.61 Å². The van der Waals surface area contributed by atoms with E-state index in [1.807, 2.05) is 18.2 Å². The van der Waals surface area contributed by atoms with Crippen LogP contribution in [-0.2, 0) is 16.0 Å². The van der Waals surface area contributed by atoms with E-state index in [1.165, 1.54) is 0 Å². The van der Waals surface area contributed by atoms with E-state index in [2.05, 4.69) is 0 Å². The number of rotatable bonds is 4. The number of hydrogen-bond donors (Lipinski definition) is 1. The topological polar surface area (TPSA) is 55.8 Å². The summed E-state index contributed by atoms with van der Waals surface area (Å²) in [6, 6.07) is 5.54. The smallest absolute Gasteiger partial charge is 0.344 e. The number of benzene rings is 1. The van der Waals surface area contributed by atoms with Crippen molar-refractivity contribution in [2.45, 2.75) is 38.9 Å². The second-order valence-electron chi connectivity index (χ2n) is 4.71. The van der Waals surface area contributed by atoms with Gasteiger partial charge < -0.3 is 14.6 Å². The van der Waals surface area contributed by atoms with Crippen LogP contribution in [0.1, 0.15) is 37.5 Å². The first-order chi connectivity index (χ1) is 8.58. The van der Waals surface area contributed by atoms with Gasteiger partial charge in [-0.2, -0.15) is 0 Å². The van der Waals surface area contributed by atoms with E-state index in [9.17, 15) is 9.90 Å². The van der Waals surface area contributed by atoms with Crippen LogP contribution in [0.3, 0.4) is 0 Å². The molecule has 0 fully saturated rings. The Morgan fingerprint density at radius 2 is 2.28 bits per heavy atom. The standard InChI is InChI=1S/C14H18O4/c1-9(2)18-14(16)8-17-13-5-3-4-10-11(13)6-7-12(10)15/h3-5,9,12,15H,6-8H2,1-2H3. The highest BCUT2D eigenvalue weighted by Gasteiger charge is 2.23. The molecular weight excluding hydrogens is 232 g/mol. The number of ether oxygens (including phenoxy) is 2. The van der Waals surface area contributed by atoms with Gasteiger partial charge in [0.05, 0.1) is 12.2 Å². The van der Waals surface area contributed by atoms with Crippen molar-refractivity contribution in [2.24, 2.45) is 0 Å². The molecule has 0 amide bonds. The van der Waals surface area contributed by atoms with Crippen molar-refractivity contribution in [1.82, 2.24) is 0 Å². The van der Waals surface area contributed by atoms with Crippen LogP contribution in [0.2, 0.25) is 0 Å². The van der Waals surface area contributed by atoms with Crippen molar-refractivity contribution in [3.63, 3.8) is 0 Å². The first-order valence-corrected chi connectivity index (χ1v) is 6.20. The largest absolute Gasteiger partial charge is 0.482 e. The predicted molar refractivity (Wildman–Crippen MR) is 66.4 cm³/mol. The molecule has 1 unspecified atom stereocenters. The molecule has 98 valence electrons. The van der Waals surface area contributed by atoms with Crippen LogP contribution in [0.5, 0.6) is 5.75 Å². The molecule has 0 saturated heterocycles. The molecule has 0 heterocycles. The molecule has 1 atom stereocenters. The van der Waals surface area contributed by atoms with Gasteiger partial charge in [-0.15, -0.1) is 0 Å². The summed E-state index contributed by atoms with van der Waals surface area (Å²) in [7, 11) is 0. The SMILES string of the molecule is CC(C)OC(=O)COc1cccc2c1CCC2O. The second-order valence-corrected chi connectivity index (χ2v) is 4.71. The summed E-state index contributed by atoms with van der Waals surface area (Å²) in [5, 5.41) is 9.75. The molecule has 1 aromatic carbocycles. The van der Waals surface area contributed by atoms with Gasteiger partial charge in [-0.1, -0.05) is 12.1 Å². The fourth-order valence-electron chi connectivity index (χ4n) is 2.17. The highest BCUT2D eigenvalue weighted by molar-refractivity contribution is 5.71. The van der Waals surface area contributed by atoms with Crippen LogP contribution in [0.4, 0.5) is 0 Å². The van der Waals surface area contributed by atoms with E-state index < -0.39 is 6.10 Å². The van der Waals surface area contributed by atoms with E-state index in [0.29, 0.717) is 12.2 Å². The fraction of sp³-hybridized carbons (Fsp3) is 0.500. The lowest BCUT2D eigenvalue weighted by atomic mass is 10.1. The molecule has 1 aliphatic carbocycles. The Kier molecular flexibility index (Phi) is 3.87. The number of aliphatic hydroxyl groups excluding tert-OH is 1. The molecule has 2 rings (SSSR count). The van der Waals surface area contributed by atoms with Crippen molar-refractivity contribution in [1.29, 1.82) is 0 Å². The predicted octanol–water partition coefficient (Wildman–Crippen LogP) is 2.00. The van der Waals surface area contributed by atoms with Gasteiger partial charge in [-0.05, 0) is 38.3 Å². The molecule has 4 nitrogen and oxygen atoms in total. The van der Waals surface area contributed by atoms with Crippen molar-refractivity contribution in [2.75, 3.05) is 6.61 Å². The minimum absolute atomic E-state index is 0.0925. The van der Waals surface area contributed by atoms with Gasteiger partial charge in [0.1, 0.15) is 5.75 Å². The minimum Gasteiger partial charge on any atom is -0.482 e. The maximum Gasteiger partial charge on any atom is 0.344 e. The number of esters is 1. The molecule has 18 heavy (non-hydrogen) atoms. The molecule has 0 aliphatic heterocycles. The third kappa shape index (κ3) is 2.82. The maximum absolute atomic E-state index is 11.4. The van der Waals surface area contributed by atoms with Gasteiger partial charge >= 0.3 is 5.97 Å². The van der Waals surface area contributed by atoms with Crippen LogP contribution in [0, 0.1) is 0 Å². The Balaban J connectivity index is 2.01. The quantitative estimate of drug-likeness (QED) is 0.830. The van der Waals surface area contributed by atoms with E-state index in [1.54, 1.807) is 13.8 Å². The van der Waals surface area contributed by atoms with Crippen LogP contribution in [-0.4, -0.2) is 23.8 Å². The third-order valence-electron chi connectivity index (χ3n) is 2.91. The number of hydrogen-bond acceptors (Lipinski definition) is 4. The van der Waals surface area contributed by atoms with E-state index >= 15 is 0 Å². The van der Waals surface area contributed by atoms with Crippen LogP contribution in [0.25, 0.3) is 0 Å². The number of carbonyl (C=O) groups is 1. The zero-order chi connectivity index (χ0) is 13.1. The summed E-state index contributed by atoms with van der Waals surface area (Å²) in [6.07, 6.45) is 0.952. The normalized spacial score (nSPS) is 17.7. The monoisotopic (exact) mass is 250 g/mol. The van der Waals surface area contributed by atoms with Gasteiger partial charge in [0, 0.05) is 5.56 Å². The lowest BCUT2D eigenvalue weighted by Gasteiger charge is -2.12. The first-order valence-electron chi connectivity index (χ1n) is 6.20. The highest BCUT2D eigenvalue weighted by Crippen LogP contribution is 2.36. The first kappa shape index (κ1) is 12.9. The Labute approximate surface area is 107 Å². The maximum atomic E-state index is 11.4. The van der Waals surface area contributed by atoms with Crippen molar-refractivity contribution >= 4 is 5.97 Å². The molecule has 1 aromatic rings. The van der Waals surface area contributed by atoms with Crippen molar-refractivity contribution < 1.29 is 19.4 Å². The van der Waals surface area contributed by atoms with Gasteiger partial charge in [0.25, 0.3) is 0 Å². The van der Waals surface area contributed by atoms with Gasteiger partial charge in [-0.3, -0.25) is 0 Å². The lowest BCUT2D eigenvalue weighted by molar-refractivity contribution is -0.149. The zero-order valence-corrected chi connectivity index (χ0v) is 10.7. The Morgan fingerprint density at radius 1 is 1.50 bits per heavy atom. The van der Waals surface area contributed by atoms with Crippen molar-refractivity contribution in [3.8, 4) is 5.75 Å². The summed E-state index contributed by atoms with van der Waals surface area (Å²) < 4.78 is 10.5.